The van der Waals surface area contributed by atoms with E-state index < -0.39 is 11.1 Å². The van der Waals surface area contributed by atoms with Crippen molar-refractivity contribution in [1.29, 1.82) is 0 Å². The van der Waals surface area contributed by atoms with E-state index in [9.17, 15) is 9.90 Å². The largest absolute Gasteiger partial charge is 0.394 e. The van der Waals surface area contributed by atoms with E-state index in [1.165, 1.54) is 0 Å². The Labute approximate surface area is 96.3 Å². The van der Waals surface area contributed by atoms with Crippen molar-refractivity contribution in [3.8, 4) is 0 Å². The van der Waals surface area contributed by atoms with Crippen LogP contribution in [0.15, 0.2) is 0 Å². The molecule has 0 aromatic carbocycles. The summed E-state index contributed by atoms with van der Waals surface area (Å²) in [6.45, 7) is 4.72. The molecule has 1 fully saturated rings. The number of hydrogen-bond acceptors (Lipinski definition) is 4. The predicted molar refractivity (Wildman–Crippen MR) is 60.9 cm³/mol. The van der Waals surface area contributed by atoms with Crippen LogP contribution < -0.4 is 11.1 Å². The van der Waals surface area contributed by atoms with Crippen LogP contribution in [0, 0.1) is 0 Å². The van der Waals surface area contributed by atoms with Crippen LogP contribution in [0.5, 0.6) is 0 Å². The number of ether oxygens (including phenoxy) is 1. The number of carbonyl (C=O) groups excluding carboxylic acids is 1. The zero-order valence-corrected chi connectivity index (χ0v) is 10.1. The molecule has 4 N–H and O–H groups in total. The van der Waals surface area contributed by atoms with Gasteiger partial charge in [-0.25, -0.2) is 0 Å². The molecule has 0 spiro atoms. The van der Waals surface area contributed by atoms with Crippen molar-refractivity contribution in [3.63, 3.8) is 0 Å². The highest BCUT2D eigenvalue weighted by atomic mass is 16.5. The van der Waals surface area contributed by atoms with Gasteiger partial charge in [0.05, 0.1) is 12.1 Å². The zero-order valence-electron chi connectivity index (χ0n) is 10.1. The minimum Gasteiger partial charge on any atom is -0.394 e. The second kappa shape index (κ2) is 5.12. The number of rotatable bonds is 4. The van der Waals surface area contributed by atoms with Gasteiger partial charge in [-0.2, -0.15) is 0 Å². The number of hydrogen-bond donors (Lipinski definition) is 3. The van der Waals surface area contributed by atoms with E-state index >= 15 is 0 Å². The van der Waals surface area contributed by atoms with Gasteiger partial charge in [-0.3, -0.25) is 4.79 Å². The molecule has 0 saturated carbocycles. The van der Waals surface area contributed by atoms with E-state index in [0.717, 1.165) is 0 Å². The number of amides is 1. The Morgan fingerprint density at radius 2 is 2.06 bits per heavy atom. The Morgan fingerprint density at radius 3 is 2.50 bits per heavy atom. The zero-order chi connectivity index (χ0) is 12.2. The van der Waals surface area contributed by atoms with Gasteiger partial charge in [0.1, 0.15) is 0 Å². The fraction of sp³-hybridized carbons (Fsp3) is 0.909. The van der Waals surface area contributed by atoms with Crippen LogP contribution in [0.3, 0.4) is 0 Å². The SMILES string of the molecule is CC(C)(N)CC(=O)NC1(CO)CCOCC1. The number of nitrogens with two attached hydrogens (primary N) is 1. The molecule has 1 rings (SSSR count). The minimum absolute atomic E-state index is 0.0485. The second-order valence-corrected chi connectivity index (χ2v) is 5.26. The summed E-state index contributed by atoms with van der Waals surface area (Å²) in [5.74, 6) is -0.108. The molecule has 1 heterocycles. The molecule has 0 aromatic rings. The van der Waals surface area contributed by atoms with E-state index in [2.05, 4.69) is 5.32 Å². The lowest BCUT2D eigenvalue weighted by Gasteiger charge is -2.37. The molecule has 0 aliphatic carbocycles. The number of aliphatic hydroxyl groups is 1. The Bertz CT molecular complexity index is 242. The lowest BCUT2D eigenvalue weighted by molar-refractivity contribution is -0.126. The molecular weight excluding hydrogens is 208 g/mol. The molecule has 1 saturated heterocycles. The van der Waals surface area contributed by atoms with Crippen LogP contribution in [0.25, 0.3) is 0 Å². The van der Waals surface area contributed by atoms with Crippen molar-refractivity contribution in [2.75, 3.05) is 19.8 Å². The van der Waals surface area contributed by atoms with Gasteiger partial charge >= 0.3 is 0 Å². The average molecular weight is 230 g/mol. The molecule has 1 aliphatic rings. The number of aliphatic hydroxyl groups excluding tert-OH is 1. The molecule has 0 radical (unpaired) electrons. The quantitative estimate of drug-likeness (QED) is 0.623. The lowest BCUT2D eigenvalue weighted by Crippen LogP contribution is -2.56. The second-order valence-electron chi connectivity index (χ2n) is 5.26. The molecule has 1 amide bonds. The molecular formula is C11H22N2O3. The molecule has 94 valence electrons. The van der Waals surface area contributed by atoms with E-state index in [4.69, 9.17) is 10.5 Å². The third-order valence-electron chi connectivity index (χ3n) is 2.77. The summed E-state index contributed by atoms with van der Waals surface area (Å²) in [4.78, 5) is 11.7. The van der Waals surface area contributed by atoms with Gasteiger partial charge in [0.25, 0.3) is 0 Å². The van der Waals surface area contributed by atoms with Crippen LogP contribution >= 0.6 is 0 Å². The van der Waals surface area contributed by atoms with Gasteiger partial charge in [0.15, 0.2) is 0 Å². The first kappa shape index (κ1) is 13.4. The molecule has 0 aromatic heterocycles. The van der Waals surface area contributed by atoms with E-state index in [-0.39, 0.29) is 18.9 Å². The van der Waals surface area contributed by atoms with Crippen LogP contribution in [-0.2, 0) is 9.53 Å². The molecule has 1 aliphatic heterocycles. The average Bonchev–Trinajstić information content (AvgIpc) is 2.16. The fourth-order valence-corrected chi connectivity index (χ4v) is 1.84. The first-order valence-electron chi connectivity index (χ1n) is 5.65. The summed E-state index contributed by atoms with van der Waals surface area (Å²) in [7, 11) is 0. The van der Waals surface area contributed by atoms with Crippen LogP contribution in [-0.4, -0.2) is 41.9 Å². The van der Waals surface area contributed by atoms with Crippen molar-refractivity contribution in [3.05, 3.63) is 0 Å². The van der Waals surface area contributed by atoms with Gasteiger partial charge < -0.3 is 20.9 Å². The van der Waals surface area contributed by atoms with Gasteiger partial charge in [-0.15, -0.1) is 0 Å². The smallest absolute Gasteiger partial charge is 0.222 e. The molecule has 5 heteroatoms. The van der Waals surface area contributed by atoms with Crippen LogP contribution in [0.4, 0.5) is 0 Å². The molecule has 5 nitrogen and oxygen atoms in total. The highest BCUT2D eigenvalue weighted by molar-refractivity contribution is 5.78. The summed E-state index contributed by atoms with van der Waals surface area (Å²) in [5, 5.41) is 12.3. The first-order valence-corrected chi connectivity index (χ1v) is 5.65. The molecule has 0 bridgehead atoms. The Balaban J connectivity index is 2.52. The first-order chi connectivity index (χ1) is 7.37. The summed E-state index contributed by atoms with van der Waals surface area (Å²) in [6.07, 6.45) is 1.57. The van der Waals surface area contributed by atoms with E-state index in [1.807, 2.05) is 13.8 Å². The molecule has 16 heavy (non-hydrogen) atoms. The maximum absolute atomic E-state index is 11.7. The Morgan fingerprint density at radius 1 is 1.50 bits per heavy atom. The fourth-order valence-electron chi connectivity index (χ4n) is 1.84. The summed E-state index contributed by atoms with van der Waals surface area (Å²) in [6, 6.07) is 0. The highest BCUT2D eigenvalue weighted by Crippen LogP contribution is 2.20. The lowest BCUT2D eigenvalue weighted by atomic mass is 9.90. The van der Waals surface area contributed by atoms with Crippen LogP contribution in [0.2, 0.25) is 0 Å². The summed E-state index contributed by atoms with van der Waals surface area (Å²) >= 11 is 0. The number of nitrogens with one attached hydrogen (secondary N) is 1. The van der Waals surface area contributed by atoms with Gasteiger partial charge in [0, 0.05) is 25.2 Å². The Hall–Kier alpha value is -0.650. The maximum atomic E-state index is 11.7. The van der Waals surface area contributed by atoms with Gasteiger partial charge in [0.2, 0.25) is 5.91 Å². The summed E-state index contributed by atoms with van der Waals surface area (Å²) < 4.78 is 5.22. The van der Waals surface area contributed by atoms with Gasteiger partial charge in [-0.1, -0.05) is 0 Å². The monoisotopic (exact) mass is 230 g/mol. The van der Waals surface area contributed by atoms with Crippen LogP contribution in [0.1, 0.15) is 33.1 Å². The Kier molecular flexibility index (Phi) is 4.29. The normalized spacial score (nSPS) is 20.5. The van der Waals surface area contributed by atoms with Crippen molar-refractivity contribution in [2.24, 2.45) is 5.73 Å². The topological polar surface area (TPSA) is 84.6 Å². The van der Waals surface area contributed by atoms with Crippen molar-refractivity contribution >= 4 is 5.91 Å². The minimum atomic E-state index is -0.522. The van der Waals surface area contributed by atoms with E-state index in [0.29, 0.717) is 26.1 Å². The van der Waals surface area contributed by atoms with Gasteiger partial charge in [-0.05, 0) is 26.7 Å². The van der Waals surface area contributed by atoms with E-state index in [1.54, 1.807) is 0 Å². The highest BCUT2D eigenvalue weighted by Gasteiger charge is 2.34. The number of carbonyl (C=O) groups is 1. The predicted octanol–water partition coefficient (Wildman–Crippen LogP) is -0.228. The molecule has 0 atom stereocenters. The maximum Gasteiger partial charge on any atom is 0.222 e. The summed E-state index contributed by atoms with van der Waals surface area (Å²) in [5.41, 5.74) is 4.74. The van der Waals surface area contributed by atoms with Crippen molar-refractivity contribution < 1.29 is 14.6 Å². The standard InChI is InChI=1S/C11H22N2O3/c1-10(2,12)7-9(15)13-11(8-14)3-5-16-6-4-11/h14H,3-8,12H2,1-2H3,(H,13,15). The van der Waals surface area contributed by atoms with Crippen molar-refractivity contribution in [2.45, 2.75) is 44.2 Å². The van der Waals surface area contributed by atoms with Crippen molar-refractivity contribution in [1.82, 2.24) is 5.32 Å². The molecule has 0 unspecified atom stereocenters. The third kappa shape index (κ3) is 4.08. The third-order valence-corrected chi connectivity index (χ3v) is 2.77.